The third-order valence-corrected chi connectivity index (χ3v) is 11.2. The molecule has 6 rings (SSSR count). The minimum Gasteiger partial charge on any atom is -0.361 e. The maximum absolute atomic E-state index is 16.3. The van der Waals surface area contributed by atoms with Gasteiger partial charge in [0.25, 0.3) is 5.56 Å². The van der Waals surface area contributed by atoms with E-state index in [1.165, 1.54) is 25.3 Å². The van der Waals surface area contributed by atoms with Gasteiger partial charge in [-0.1, -0.05) is 38.7 Å². The zero-order valence-electron chi connectivity index (χ0n) is 27.3. The number of pyridine rings is 1. The van der Waals surface area contributed by atoms with Crippen LogP contribution in [0.3, 0.4) is 0 Å². The summed E-state index contributed by atoms with van der Waals surface area (Å²) in [7, 11) is 0.540. The van der Waals surface area contributed by atoms with Gasteiger partial charge in [0.05, 0.1) is 0 Å². The van der Waals surface area contributed by atoms with Crippen LogP contribution in [0.5, 0.6) is 0 Å². The molecule has 44 heavy (non-hydrogen) atoms. The predicted molar refractivity (Wildman–Crippen MR) is 178 cm³/mol. The Kier molecular flexibility index (Phi) is 8.49. The molecule has 7 nitrogen and oxygen atoms in total. The molecule has 1 aromatic carbocycles. The first-order chi connectivity index (χ1) is 20.9. The molecule has 2 aliphatic rings. The van der Waals surface area contributed by atoms with Crippen molar-refractivity contribution in [1.82, 2.24) is 23.6 Å². The van der Waals surface area contributed by atoms with Crippen LogP contribution in [0, 0.1) is 5.92 Å². The Morgan fingerprint density at radius 1 is 1.16 bits per heavy atom. The average molecular weight is 618 g/mol. The minimum absolute atomic E-state index is 0.0915. The fraction of sp³-hybridized carbons (Fsp3) is 0.543. The molecular formula is C35H48FN5O2Si. The highest BCUT2D eigenvalue weighted by atomic mass is 28.3. The Labute approximate surface area is 261 Å². The van der Waals surface area contributed by atoms with Gasteiger partial charge in [-0.3, -0.25) is 14.3 Å². The molecule has 0 spiro atoms. The smallest absolute Gasteiger partial charge is 0.279 e. The predicted octanol–water partition coefficient (Wildman–Crippen LogP) is 7.18. The first-order valence-corrected chi connectivity index (χ1v) is 20.0. The summed E-state index contributed by atoms with van der Waals surface area (Å²) >= 11 is 0. The molecule has 3 aromatic heterocycles. The maximum atomic E-state index is 16.3. The quantitative estimate of drug-likeness (QED) is 0.132. The van der Waals surface area contributed by atoms with Crippen molar-refractivity contribution >= 4 is 19.0 Å². The van der Waals surface area contributed by atoms with Crippen LogP contribution < -0.4 is 5.56 Å². The standard InChI is InChI=1S/C35H48FN5O2Si/c1-25-9-8-15-39(21-25)22-29-20-30-31(26-12-13-26)23-40(33(42)32(30)41(29)24-43-17-18-44(4,5)6)28-11-7-10-27(19-28)35(2,36)34-37-14-16-38(34)3/h7,10-11,14,16,19-20,23,25-26H,8-9,12-13,15,17-18,21-22,24H2,1-6H3/t25-,35?/m0/s1. The molecule has 236 valence electrons. The Bertz CT molecular complexity index is 1690. The van der Waals surface area contributed by atoms with E-state index >= 15 is 4.39 Å². The monoisotopic (exact) mass is 617 g/mol. The number of imidazole rings is 1. The number of fused-ring (bicyclic) bond motifs is 1. The molecule has 4 aromatic rings. The van der Waals surface area contributed by atoms with Crippen molar-refractivity contribution < 1.29 is 9.13 Å². The lowest BCUT2D eigenvalue weighted by atomic mass is 9.96. The van der Waals surface area contributed by atoms with Gasteiger partial charge in [0.15, 0.2) is 11.5 Å². The molecule has 4 heterocycles. The zero-order valence-corrected chi connectivity index (χ0v) is 28.3. The van der Waals surface area contributed by atoms with E-state index in [0.29, 0.717) is 47.8 Å². The van der Waals surface area contributed by atoms with Gasteiger partial charge in [0.1, 0.15) is 12.2 Å². The number of piperidine rings is 1. The molecule has 1 saturated carbocycles. The number of hydrogen-bond donors (Lipinski definition) is 0. The number of rotatable bonds is 11. The first kappa shape index (κ1) is 31.0. The Hall–Kier alpha value is -3.01. The summed E-state index contributed by atoms with van der Waals surface area (Å²) in [5.41, 5.74) is 2.25. The Balaban J connectivity index is 1.45. The van der Waals surface area contributed by atoms with Crippen LogP contribution in [0.2, 0.25) is 25.7 Å². The molecule has 1 saturated heterocycles. The average Bonchev–Trinajstić information content (AvgIpc) is 3.61. The second kappa shape index (κ2) is 12.1. The number of benzene rings is 1. The lowest BCUT2D eigenvalue weighted by Gasteiger charge is -2.31. The van der Waals surface area contributed by atoms with Crippen molar-refractivity contribution in [3.05, 3.63) is 81.9 Å². The number of halogens is 1. The SMILES string of the molecule is C[C@H]1CCCN(Cc2cc3c(C4CC4)cn(-c4cccc(C(C)(F)c5nccn5C)c4)c(=O)c3n2COCC[Si](C)(C)C)C1. The van der Waals surface area contributed by atoms with E-state index in [2.05, 4.69) is 47.1 Å². The second-order valence-electron chi connectivity index (χ2n) is 14.6. The van der Waals surface area contributed by atoms with E-state index in [1.54, 1.807) is 40.7 Å². The van der Waals surface area contributed by atoms with Gasteiger partial charge in [-0.2, -0.15) is 0 Å². The van der Waals surface area contributed by atoms with E-state index < -0.39 is 13.7 Å². The summed E-state index contributed by atoms with van der Waals surface area (Å²) < 4.78 is 28.2. The molecular weight excluding hydrogens is 570 g/mol. The summed E-state index contributed by atoms with van der Waals surface area (Å²) in [4.78, 5) is 21.3. The van der Waals surface area contributed by atoms with E-state index in [4.69, 9.17) is 4.74 Å². The van der Waals surface area contributed by atoms with Gasteiger partial charge in [0, 0.05) is 70.2 Å². The van der Waals surface area contributed by atoms with Gasteiger partial charge in [-0.05, 0) is 86.4 Å². The van der Waals surface area contributed by atoms with Crippen LogP contribution in [-0.4, -0.2) is 51.4 Å². The van der Waals surface area contributed by atoms with Crippen molar-refractivity contribution in [2.75, 3.05) is 19.7 Å². The molecule has 1 aliphatic heterocycles. The first-order valence-electron chi connectivity index (χ1n) is 16.3. The highest BCUT2D eigenvalue weighted by Gasteiger charge is 2.34. The molecule has 1 unspecified atom stereocenters. The molecule has 2 atom stereocenters. The third kappa shape index (κ3) is 6.37. The van der Waals surface area contributed by atoms with Gasteiger partial charge in [-0.15, -0.1) is 0 Å². The van der Waals surface area contributed by atoms with Crippen molar-refractivity contribution in [1.29, 1.82) is 0 Å². The van der Waals surface area contributed by atoms with Gasteiger partial charge in [0.2, 0.25) is 0 Å². The summed E-state index contributed by atoms with van der Waals surface area (Å²) in [5.74, 6) is 1.43. The number of ether oxygens (including phenoxy) is 1. The van der Waals surface area contributed by atoms with Crippen molar-refractivity contribution in [3.8, 4) is 5.69 Å². The number of alkyl halides is 1. The topological polar surface area (TPSA) is 57.2 Å². The molecule has 9 heteroatoms. The van der Waals surface area contributed by atoms with E-state index in [1.807, 2.05) is 18.3 Å². The molecule has 2 fully saturated rings. The third-order valence-electron chi connectivity index (χ3n) is 9.45. The fourth-order valence-corrected chi connectivity index (χ4v) is 7.47. The maximum Gasteiger partial charge on any atom is 0.279 e. The lowest BCUT2D eigenvalue weighted by molar-refractivity contribution is 0.0848. The minimum atomic E-state index is -1.82. The summed E-state index contributed by atoms with van der Waals surface area (Å²) in [6.45, 7) is 14.9. The van der Waals surface area contributed by atoms with Crippen LogP contribution >= 0.6 is 0 Å². The number of aryl methyl sites for hydroxylation is 1. The highest BCUT2D eigenvalue weighted by molar-refractivity contribution is 6.76. The molecule has 0 bridgehead atoms. The normalized spacial score (nSPS) is 19.5. The Morgan fingerprint density at radius 3 is 2.64 bits per heavy atom. The lowest BCUT2D eigenvalue weighted by Crippen LogP contribution is -2.34. The number of likely N-dealkylation sites (tertiary alicyclic amines) is 1. The molecule has 1 aliphatic carbocycles. The van der Waals surface area contributed by atoms with Crippen molar-refractivity contribution in [2.45, 2.75) is 90.1 Å². The van der Waals surface area contributed by atoms with Crippen LogP contribution in [0.4, 0.5) is 4.39 Å². The largest absolute Gasteiger partial charge is 0.361 e. The zero-order chi connectivity index (χ0) is 31.2. The summed E-state index contributed by atoms with van der Waals surface area (Å²) in [6.07, 6.45) is 10.1. The molecule has 0 N–H and O–H groups in total. The van der Waals surface area contributed by atoms with Crippen LogP contribution in [0.1, 0.15) is 68.1 Å². The second-order valence-corrected chi connectivity index (χ2v) is 20.2. The number of nitrogens with zero attached hydrogens (tertiary/aromatic N) is 5. The summed E-state index contributed by atoms with van der Waals surface area (Å²) in [5, 5.41) is 1.04. The number of hydrogen-bond acceptors (Lipinski definition) is 4. The van der Waals surface area contributed by atoms with E-state index in [-0.39, 0.29) is 5.56 Å². The fourth-order valence-electron chi connectivity index (χ4n) is 6.71. The molecule has 0 radical (unpaired) electrons. The van der Waals surface area contributed by atoms with Gasteiger partial charge < -0.3 is 13.9 Å². The number of aromatic nitrogens is 4. The van der Waals surface area contributed by atoms with Crippen molar-refractivity contribution in [3.63, 3.8) is 0 Å². The van der Waals surface area contributed by atoms with Gasteiger partial charge in [-0.25, -0.2) is 9.37 Å². The van der Waals surface area contributed by atoms with E-state index in [0.717, 1.165) is 49.6 Å². The van der Waals surface area contributed by atoms with E-state index in [9.17, 15) is 4.79 Å². The summed E-state index contributed by atoms with van der Waals surface area (Å²) in [6, 6.07) is 10.6. The van der Waals surface area contributed by atoms with Gasteiger partial charge >= 0.3 is 0 Å². The van der Waals surface area contributed by atoms with Crippen LogP contribution in [0.15, 0.2) is 53.7 Å². The van der Waals surface area contributed by atoms with Crippen molar-refractivity contribution in [2.24, 2.45) is 13.0 Å². The van der Waals surface area contributed by atoms with Crippen LogP contribution in [0.25, 0.3) is 16.6 Å². The Morgan fingerprint density at radius 2 is 1.95 bits per heavy atom. The highest BCUT2D eigenvalue weighted by Crippen LogP contribution is 2.43. The molecule has 0 amide bonds. The van der Waals surface area contributed by atoms with Crippen LogP contribution in [-0.2, 0) is 30.7 Å².